The van der Waals surface area contributed by atoms with Gasteiger partial charge in [0, 0.05) is 16.2 Å². The van der Waals surface area contributed by atoms with Crippen molar-refractivity contribution in [3.63, 3.8) is 0 Å². The Hall–Kier alpha value is -2.21. The van der Waals surface area contributed by atoms with Crippen molar-refractivity contribution in [1.29, 1.82) is 0 Å². The highest BCUT2D eigenvalue weighted by Gasteiger charge is 2.09. The Morgan fingerprint density at radius 1 is 1.30 bits per heavy atom. The topological polar surface area (TPSA) is 70.7 Å². The standard InChI is InChI=1S/C14H11BrN4O/c1-8-4-13(16-6-10(8)15)19-14(20)9-2-3-11-12(5-9)18-7-17-11/h2-7H,1H3,(H,17,18)(H,16,19,20). The molecular weight excluding hydrogens is 320 g/mol. The second-order valence-corrected chi connectivity index (χ2v) is 5.26. The summed E-state index contributed by atoms with van der Waals surface area (Å²) in [6.45, 7) is 1.94. The van der Waals surface area contributed by atoms with Gasteiger partial charge in [-0.25, -0.2) is 9.97 Å². The number of aromatic amines is 1. The van der Waals surface area contributed by atoms with Gasteiger partial charge in [0.25, 0.3) is 5.91 Å². The van der Waals surface area contributed by atoms with Crippen LogP contribution in [0.15, 0.2) is 41.3 Å². The van der Waals surface area contributed by atoms with Crippen molar-refractivity contribution >= 4 is 38.7 Å². The highest BCUT2D eigenvalue weighted by molar-refractivity contribution is 9.10. The third-order valence-corrected chi connectivity index (χ3v) is 3.80. The van der Waals surface area contributed by atoms with Crippen molar-refractivity contribution in [2.45, 2.75) is 6.92 Å². The first-order valence-electron chi connectivity index (χ1n) is 6.00. The molecule has 0 aliphatic carbocycles. The highest BCUT2D eigenvalue weighted by atomic mass is 79.9. The van der Waals surface area contributed by atoms with Gasteiger partial charge in [-0.3, -0.25) is 4.79 Å². The number of nitrogens with one attached hydrogen (secondary N) is 2. The van der Waals surface area contributed by atoms with E-state index < -0.39 is 0 Å². The van der Waals surface area contributed by atoms with Gasteiger partial charge in [0.2, 0.25) is 0 Å². The lowest BCUT2D eigenvalue weighted by Crippen LogP contribution is -2.13. The molecule has 2 heterocycles. The van der Waals surface area contributed by atoms with Gasteiger partial charge in [-0.05, 0) is 52.7 Å². The fraction of sp³-hybridized carbons (Fsp3) is 0.0714. The number of fused-ring (bicyclic) bond motifs is 1. The number of carbonyl (C=O) groups is 1. The molecule has 0 spiro atoms. The molecule has 6 heteroatoms. The van der Waals surface area contributed by atoms with Crippen molar-refractivity contribution in [2.24, 2.45) is 0 Å². The number of amides is 1. The minimum atomic E-state index is -0.198. The molecule has 2 aromatic heterocycles. The average Bonchev–Trinajstić information content (AvgIpc) is 2.90. The number of benzene rings is 1. The molecule has 3 aromatic rings. The predicted molar refractivity (Wildman–Crippen MR) is 80.7 cm³/mol. The Bertz CT molecular complexity index is 797. The van der Waals surface area contributed by atoms with Gasteiger partial charge in [-0.1, -0.05) is 0 Å². The molecule has 0 aliphatic heterocycles. The van der Waals surface area contributed by atoms with Gasteiger partial charge in [0.15, 0.2) is 0 Å². The molecule has 1 amide bonds. The number of anilines is 1. The first-order valence-corrected chi connectivity index (χ1v) is 6.79. The molecule has 0 aliphatic rings. The van der Waals surface area contributed by atoms with E-state index >= 15 is 0 Å². The smallest absolute Gasteiger partial charge is 0.256 e. The van der Waals surface area contributed by atoms with Crippen LogP contribution in [0.1, 0.15) is 15.9 Å². The Balaban J connectivity index is 1.86. The number of aromatic nitrogens is 3. The van der Waals surface area contributed by atoms with E-state index in [-0.39, 0.29) is 5.91 Å². The van der Waals surface area contributed by atoms with Crippen LogP contribution in [0.5, 0.6) is 0 Å². The summed E-state index contributed by atoms with van der Waals surface area (Å²) in [6.07, 6.45) is 3.27. The van der Waals surface area contributed by atoms with E-state index in [1.165, 1.54) is 0 Å². The lowest BCUT2D eigenvalue weighted by atomic mass is 10.2. The van der Waals surface area contributed by atoms with Crippen LogP contribution in [0.25, 0.3) is 11.0 Å². The third-order valence-electron chi connectivity index (χ3n) is 2.97. The van der Waals surface area contributed by atoms with E-state index in [0.717, 1.165) is 21.1 Å². The van der Waals surface area contributed by atoms with E-state index in [0.29, 0.717) is 11.4 Å². The minimum Gasteiger partial charge on any atom is -0.345 e. The SMILES string of the molecule is Cc1cc(NC(=O)c2ccc3nc[nH]c3c2)ncc1Br. The summed E-state index contributed by atoms with van der Waals surface area (Å²) < 4.78 is 0.911. The van der Waals surface area contributed by atoms with E-state index in [1.54, 1.807) is 30.7 Å². The van der Waals surface area contributed by atoms with Gasteiger partial charge in [-0.2, -0.15) is 0 Å². The van der Waals surface area contributed by atoms with Gasteiger partial charge in [0.1, 0.15) is 5.82 Å². The average molecular weight is 331 g/mol. The van der Waals surface area contributed by atoms with E-state index in [2.05, 4.69) is 36.2 Å². The second-order valence-electron chi connectivity index (χ2n) is 4.41. The molecule has 3 rings (SSSR count). The van der Waals surface area contributed by atoms with Gasteiger partial charge < -0.3 is 10.3 Å². The number of aryl methyl sites for hydroxylation is 1. The zero-order valence-corrected chi connectivity index (χ0v) is 12.2. The fourth-order valence-corrected chi connectivity index (χ4v) is 2.09. The van der Waals surface area contributed by atoms with Crippen LogP contribution >= 0.6 is 15.9 Å². The van der Waals surface area contributed by atoms with E-state index in [4.69, 9.17) is 0 Å². The van der Waals surface area contributed by atoms with Crippen LogP contribution < -0.4 is 5.32 Å². The van der Waals surface area contributed by atoms with Gasteiger partial charge >= 0.3 is 0 Å². The summed E-state index contributed by atoms with van der Waals surface area (Å²) >= 11 is 3.38. The Morgan fingerprint density at radius 3 is 2.95 bits per heavy atom. The Labute approximate surface area is 123 Å². The lowest BCUT2D eigenvalue weighted by molar-refractivity contribution is 0.102. The second kappa shape index (κ2) is 5.05. The molecule has 0 fully saturated rings. The quantitative estimate of drug-likeness (QED) is 0.757. The predicted octanol–water partition coefficient (Wildman–Crippen LogP) is 3.28. The lowest BCUT2D eigenvalue weighted by Gasteiger charge is -2.06. The van der Waals surface area contributed by atoms with Crippen LogP contribution in [-0.4, -0.2) is 20.9 Å². The Morgan fingerprint density at radius 2 is 2.15 bits per heavy atom. The number of hydrogen-bond donors (Lipinski definition) is 2. The number of carbonyl (C=O) groups excluding carboxylic acids is 1. The molecule has 20 heavy (non-hydrogen) atoms. The van der Waals surface area contributed by atoms with Crippen molar-refractivity contribution in [2.75, 3.05) is 5.32 Å². The number of halogens is 1. The Kier molecular flexibility index (Phi) is 3.23. The monoisotopic (exact) mass is 330 g/mol. The van der Waals surface area contributed by atoms with Crippen LogP contribution in [-0.2, 0) is 0 Å². The number of pyridine rings is 1. The number of rotatable bonds is 2. The molecule has 0 bridgehead atoms. The van der Waals surface area contributed by atoms with Crippen molar-refractivity contribution in [3.05, 3.63) is 52.4 Å². The molecule has 0 radical (unpaired) electrons. The van der Waals surface area contributed by atoms with Crippen molar-refractivity contribution < 1.29 is 4.79 Å². The van der Waals surface area contributed by atoms with E-state index in [9.17, 15) is 4.79 Å². The van der Waals surface area contributed by atoms with E-state index in [1.807, 2.05) is 13.0 Å². The van der Waals surface area contributed by atoms with Crippen molar-refractivity contribution in [3.8, 4) is 0 Å². The maximum absolute atomic E-state index is 12.2. The summed E-state index contributed by atoms with van der Waals surface area (Å²) in [7, 11) is 0. The molecule has 5 nitrogen and oxygen atoms in total. The third kappa shape index (κ3) is 2.42. The zero-order valence-electron chi connectivity index (χ0n) is 10.6. The van der Waals surface area contributed by atoms with Crippen LogP contribution in [0.3, 0.4) is 0 Å². The largest absolute Gasteiger partial charge is 0.345 e. The van der Waals surface area contributed by atoms with Gasteiger partial charge in [-0.15, -0.1) is 0 Å². The van der Waals surface area contributed by atoms with Crippen LogP contribution in [0.2, 0.25) is 0 Å². The van der Waals surface area contributed by atoms with Gasteiger partial charge in [0.05, 0.1) is 17.4 Å². The van der Waals surface area contributed by atoms with Crippen LogP contribution in [0, 0.1) is 6.92 Å². The number of imidazole rings is 1. The fourth-order valence-electron chi connectivity index (χ4n) is 1.87. The highest BCUT2D eigenvalue weighted by Crippen LogP contribution is 2.18. The maximum Gasteiger partial charge on any atom is 0.256 e. The maximum atomic E-state index is 12.2. The zero-order chi connectivity index (χ0) is 14.1. The number of hydrogen-bond acceptors (Lipinski definition) is 3. The molecule has 0 saturated carbocycles. The molecule has 0 unspecified atom stereocenters. The first-order chi connectivity index (χ1) is 9.63. The summed E-state index contributed by atoms with van der Waals surface area (Å²) in [5.74, 6) is 0.330. The molecule has 2 N–H and O–H groups in total. The molecular formula is C14H11BrN4O. The minimum absolute atomic E-state index is 0.198. The summed E-state index contributed by atoms with van der Waals surface area (Å²) in [6, 6.07) is 7.13. The normalized spacial score (nSPS) is 10.7. The summed E-state index contributed by atoms with van der Waals surface area (Å²) in [5, 5.41) is 2.78. The van der Waals surface area contributed by atoms with Crippen molar-refractivity contribution in [1.82, 2.24) is 15.0 Å². The molecule has 100 valence electrons. The summed E-state index contributed by atoms with van der Waals surface area (Å²) in [5.41, 5.74) is 3.24. The number of nitrogens with zero attached hydrogens (tertiary/aromatic N) is 2. The molecule has 1 aromatic carbocycles. The summed E-state index contributed by atoms with van der Waals surface area (Å²) in [4.78, 5) is 23.4. The first kappa shape index (κ1) is 12.8. The van der Waals surface area contributed by atoms with Crippen LogP contribution in [0.4, 0.5) is 5.82 Å². The number of H-pyrrole nitrogens is 1. The molecule has 0 atom stereocenters. The molecule has 0 saturated heterocycles.